The summed E-state index contributed by atoms with van der Waals surface area (Å²) >= 11 is 0. The lowest BCUT2D eigenvalue weighted by molar-refractivity contribution is -0.123. The van der Waals surface area contributed by atoms with Crippen LogP contribution >= 0.6 is 0 Å². The Hall–Kier alpha value is -4.55. The number of nitrogens with one attached hydrogen (secondary N) is 3. The van der Waals surface area contributed by atoms with Gasteiger partial charge in [-0.25, -0.2) is 4.39 Å². The van der Waals surface area contributed by atoms with Gasteiger partial charge in [0.1, 0.15) is 6.17 Å². The van der Waals surface area contributed by atoms with Crippen molar-refractivity contribution in [2.24, 2.45) is 5.92 Å². The summed E-state index contributed by atoms with van der Waals surface area (Å²) < 4.78 is 13.8. The van der Waals surface area contributed by atoms with Gasteiger partial charge in [0.2, 0.25) is 5.91 Å². The number of likely N-dealkylation sites (tertiary alicyclic amines) is 1. The SMILES string of the molecule is CC[C@H](NC[C@H](Cc1ccccc1)NC(=O)c1cc(C(=O)N2CCC(F)CC2)cc(-c2ccccc2C#N)c1)C(=O)NCC(C)C. The first-order valence-corrected chi connectivity index (χ1v) is 16.1. The second-order valence-electron chi connectivity index (χ2n) is 12.3. The van der Waals surface area contributed by atoms with E-state index in [2.05, 4.69) is 22.0 Å². The van der Waals surface area contributed by atoms with Crippen LogP contribution in [0.1, 0.15) is 71.9 Å². The maximum absolute atomic E-state index is 13.9. The van der Waals surface area contributed by atoms with Crippen LogP contribution in [0, 0.1) is 17.2 Å². The highest BCUT2D eigenvalue weighted by Gasteiger charge is 2.26. The zero-order valence-electron chi connectivity index (χ0n) is 26.9. The summed E-state index contributed by atoms with van der Waals surface area (Å²) in [6.45, 7) is 7.55. The van der Waals surface area contributed by atoms with Gasteiger partial charge < -0.3 is 20.9 Å². The van der Waals surface area contributed by atoms with Crippen molar-refractivity contribution in [3.05, 3.63) is 95.1 Å². The Bertz CT molecular complexity index is 1530. The maximum Gasteiger partial charge on any atom is 0.253 e. The third kappa shape index (κ3) is 9.48. The van der Waals surface area contributed by atoms with E-state index >= 15 is 0 Å². The van der Waals surface area contributed by atoms with Gasteiger partial charge in [0.15, 0.2) is 0 Å². The number of hydrogen-bond acceptors (Lipinski definition) is 5. The number of halogens is 1. The number of rotatable bonds is 13. The Balaban J connectivity index is 1.63. The molecule has 2 atom stereocenters. The van der Waals surface area contributed by atoms with Gasteiger partial charge in [-0.3, -0.25) is 14.4 Å². The fraction of sp³-hybridized carbons (Fsp3) is 0.405. The van der Waals surface area contributed by atoms with Crippen LogP contribution in [-0.4, -0.2) is 67.1 Å². The number of carbonyl (C=O) groups excluding carboxylic acids is 3. The third-order valence-electron chi connectivity index (χ3n) is 8.19. The normalized spacial score (nSPS) is 14.7. The molecule has 242 valence electrons. The van der Waals surface area contributed by atoms with E-state index in [1.807, 2.05) is 51.1 Å². The Labute approximate surface area is 271 Å². The van der Waals surface area contributed by atoms with Crippen molar-refractivity contribution in [1.29, 1.82) is 5.26 Å². The fourth-order valence-corrected chi connectivity index (χ4v) is 5.58. The lowest BCUT2D eigenvalue weighted by Crippen LogP contribution is -2.50. The van der Waals surface area contributed by atoms with Crippen LogP contribution in [0.15, 0.2) is 72.8 Å². The van der Waals surface area contributed by atoms with Gasteiger partial charge >= 0.3 is 0 Å². The van der Waals surface area contributed by atoms with E-state index in [0.29, 0.717) is 67.2 Å². The molecule has 4 rings (SSSR count). The molecule has 1 heterocycles. The summed E-state index contributed by atoms with van der Waals surface area (Å²) in [5.41, 5.74) is 3.20. The largest absolute Gasteiger partial charge is 0.354 e. The first-order chi connectivity index (χ1) is 22.2. The fourth-order valence-electron chi connectivity index (χ4n) is 5.58. The molecule has 1 aliphatic heterocycles. The number of amides is 3. The Morgan fingerprint density at radius 1 is 0.957 bits per heavy atom. The minimum absolute atomic E-state index is 0.0789. The number of carbonyl (C=O) groups is 3. The molecular weight excluding hydrogens is 581 g/mol. The van der Waals surface area contributed by atoms with Gasteiger partial charge in [-0.15, -0.1) is 0 Å². The zero-order valence-corrected chi connectivity index (χ0v) is 26.9. The van der Waals surface area contributed by atoms with Crippen molar-refractivity contribution < 1.29 is 18.8 Å². The molecule has 0 radical (unpaired) electrons. The second kappa shape index (κ2) is 16.7. The molecule has 0 spiro atoms. The molecule has 46 heavy (non-hydrogen) atoms. The van der Waals surface area contributed by atoms with Crippen LogP contribution in [0.25, 0.3) is 11.1 Å². The first-order valence-electron chi connectivity index (χ1n) is 16.1. The van der Waals surface area contributed by atoms with E-state index in [1.54, 1.807) is 47.4 Å². The van der Waals surface area contributed by atoms with E-state index in [-0.39, 0.29) is 42.2 Å². The van der Waals surface area contributed by atoms with Crippen LogP contribution in [0.3, 0.4) is 0 Å². The molecule has 1 fully saturated rings. The minimum atomic E-state index is -0.928. The smallest absolute Gasteiger partial charge is 0.253 e. The number of nitrogens with zero attached hydrogens (tertiary/aromatic N) is 2. The average molecular weight is 626 g/mol. The summed E-state index contributed by atoms with van der Waals surface area (Å²) in [5, 5.41) is 19.2. The Morgan fingerprint density at radius 2 is 1.63 bits per heavy atom. The lowest BCUT2D eigenvalue weighted by Gasteiger charge is -2.29. The van der Waals surface area contributed by atoms with Crippen LogP contribution in [0.5, 0.6) is 0 Å². The molecule has 9 heteroatoms. The van der Waals surface area contributed by atoms with Crippen LogP contribution in [0.4, 0.5) is 4.39 Å². The average Bonchev–Trinajstić information content (AvgIpc) is 3.07. The third-order valence-corrected chi connectivity index (χ3v) is 8.19. The first kappa shape index (κ1) is 34.3. The van der Waals surface area contributed by atoms with E-state index in [0.717, 1.165) is 5.56 Å². The van der Waals surface area contributed by atoms with Crippen molar-refractivity contribution in [1.82, 2.24) is 20.9 Å². The molecule has 8 nitrogen and oxygen atoms in total. The number of benzene rings is 3. The Morgan fingerprint density at radius 3 is 2.30 bits per heavy atom. The summed E-state index contributed by atoms with van der Waals surface area (Å²) in [6, 6.07) is 23.2. The second-order valence-corrected chi connectivity index (χ2v) is 12.3. The number of nitriles is 1. The van der Waals surface area contributed by atoms with Gasteiger partial charge in [-0.1, -0.05) is 69.3 Å². The van der Waals surface area contributed by atoms with Crippen LogP contribution < -0.4 is 16.0 Å². The summed E-state index contributed by atoms with van der Waals surface area (Å²) in [6.07, 6.45) is 0.728. The standard InChI is InChI=1S/C37H44FN5O3/c1-4-34(36(45)41-23-25(2)3)40-24-32(18-26-10-6-5-7-11-26)42-35(44)29-19-28(33-13-9-8-12-27(33)22-39)20-30(21-29)37(46)43-16-14-31(38)15-17-43/h5-13,19-21,25,31-32,34,40H,4,14-18,23-24H2,1-3H3,(H,41,45)(H,42,44)/t32-,34-/m0/s1. The zero-order chi connectivity index (χ0) is 33.1. The molecule has 0 aromatic heterocycles. The van der Waals surface area contributed by atoms with E-state index in [1.165, 1.54) is 0 Å². The molecular formula is C37H44FN5O3. The molecule has 1 saturated heterocycles. The van der Waals surface area contributed by atoms with E-state index in [4.69, 9.17) is 0 Å². The number of hydrogen-bond donors (Lipinski definition) is 3. The van der Waals surface area contributed by atoms with Crippen molar-refractivity contribution in [2.75, 3.05) is 26.2 Å². The van der Waals surface area contributed by atoms with Crippen molar-refractivity contribution >= 4 is 17.7 Å². The molecule has 3 amide bonds. The van der Waals surface area contributed by atoms with Gasteiger partial charge in [0, 0.05) is 43.3 Å². The minimum Gasteiger partial charge on any atom is -0.354 e. The molecule has 0 bridgehead atoms. The number of piperidine rings is 1. The monoisotopic (exact) mass is 625 g/mol. The predicted molar refractivity (Wildman–Crippen MR) is 178 cm³/mol. The van der Waals surface area contributed by atoms with Gasteiger partial charge in [-0.05, 0) is 72.6 Å². The summed E-state index contributed by atoms with van der Waals surface area (Å²) in [7, 11) is 0. The van der Waals surface area contributed by atoms with Gasteiger partial charge in [0.05, 0.1) is 17.7 Å². The summed E-state index contributed by atoms with van der Waals surface area (Å²) in [4.78, 5) is 42.0. The number of alkyl halides is 1. The Kier molecular flexibility index (Phi) is 12.4. The van der Waals surface area contributed by atoms with Gasteiger partial charge in [0.25, 0.3) is 11.8 Å². The molecule has 3 N–H and O–H groups in total. The molecule has 3 aromatic carbocycles. The van der Waals surface area contributed by atoms with Crippen molar-refractivity contribution in [2.45, 2.75) is 64.7 Å². The van der Waals surface area contributed by atoms with Gasteiger partial charge in [-0.2, -0.15) is 5.26 Å². The topological polar surface area (TPSA) is 114 Å². The predicted octanol–water partition coefficient (Wildman–Crippen LogP) is 5.28. The lowest BCUT2D eigenvalue weighted by atomic mass is 9.95. The highest BCUT2D eigenvalue weighted by Crippen LogP contribution is 2.27. The molecule has 0 saturated carbocycles. The van der Waals surface area contributed by atoms with E-state index < -0.39 is 12.2 Å². The van der Waals surface area contributed by atoms with Crippen molar-refractivity contribution in [3.8, 4) is 17.2 Å². The highest BCUT2D eigenvalue weighted by molar-refractivity contribution is 6.02. The van der Waals surface area contributed by atoms with E-state index in [9.17, 15) is 24.0 Å². The molecule has 1 aliphatic rings. The molecule has 3 aromatic rings. The molecule has 0 unspecified atom stereocenters. The highest BCUT2D eigenvalue weighted by atomic mass is 19.1. The maximum atomic E-state index is 13.9. The quantitative estimate of drug-likeness (QED) is 0.239. The van der Waals surface area contributed by atoms with Crippen LogP contribution in [0.2, 0.25) is 0 Å². The summed E-state index contributed by atoms with van der Waals surface area (Å²) in [5.74, 6) is -0.412. The van der Waals surface area contributed by atoms with Crippen molar-refractivity contribution in [3.63, 3.8) is 0 Å². The van der Waals surface area contributed by atoms with Crippen LogP contribution in [-0.2, 0) is 11.2 Å². The molecule has 0 aliphatic carbocycles.